The van der Waals surface area contributed by atoms with Crippen LogP contribution >= 0.6 is 0 Å². The molecule has 0 aliphatic carbocycles. The van der Waals surface area contributed by atoms with E-state index in [1.54, 1.807) is 0 Å². The number of para-hydroxylation sites is 2. The van der Waals surface area contributed by atoms with Crippen LogP contribution in [0.25, 0.3) is 11.1 Å². The first-order chi connectivity index (χ1) is 20.1. The topological polar surface area (TPSA) is 15.7 Å². The van der Waals surface area contributed by atoms with Gasteiger partial charge in [0.25, 0.3) is 0 Å². The first-order valence-electron chi connectivity index (χ1n) is 13.8. The van der Waals surface area contributed by atoms with E-state index in [0.717, 1.165) is 39.9 Å². The standard InChI is InChI=1S/C38H32N2O/c1-29-13-15-30(16-14-29)31-17-19-35(20-18-31)40(34-11-7-4-8-12-34)36-23-27-38(28-24-36)41-37-25-21-33(22-26-37)39(2)32-9-5-3-6-10-32/h3-28H,1-2H3. The fraction of sp³-hybridized carbons (Fsp3) is 0.0526. The van der Waals surface area contributed by atoms with Crippen LogP contribution in [0.2, 0.25) is 0 Å². The van der Waals surface area contributed by atoms with Crippen LogP contribution in [-0.4, -0.2) is 7.05 Å². The average molecular weight is 533 g/mol. The summed E-state index contributed by atoms with van der Waals surface area (Å²) in [6.07, 6.45) is 0. The van der Waals surface area contributed by atoms with Gasteiger partial charge in [-0.3, -0.25) is 0 Å². The van der Waals surface area contributed by atoms with Gasteiger partial charge in [0, 0.05) is 35.5 Å². The first kappa shape index (κ1) is 26.0. The van der Waals surface area contributed by atoms with Crippen LogP contribution in [0.3, 0.4) is 0 Å². The van der Waals surface area contributed by atoms with Gasteiger partial charge in [-0.15, -0.1) is 0 Å². The van der Waals surface area contributed by atoms with Gasteiger partial charge >= 0.3 is 0 Å². The molecule has 0 spiro atoms. The molecule has 0 aromatic heterocycles. The van der Waals surface area contributed by atoms with Crippen LogP contribution in [-0.2, 0) is 0 Å². The van der Waals surface area contributed by atoms with Crippen molar-refractivity contribution in [3.05, 3.63) is 163 Å². The Bertz CT molecular complexity index is 1680. The lowest BCUT2D eigenvalue weighted by Crippen LogP contribution is -2.09. The van der Waals surface area contributed by atoms with E-state index in [-0.39, 0.29) is 0 Å². The van der Waals surface area contributed by atoms with Crippen molar-refractivity contribution in [3.63, 3.8) is 0 Å². The summed E-state index contributed by atoms with van der Waals surface area (Å²) in [7, 11) is 2.07. The number of anilines is 5. The molecule has 6 aromatic carbocycles. The Morgan fingerprint density at radius 1 is 0.390 bits per heavy atom. The van der Waals surface area contributed by atoms with Gasteiger partial charge < -0.3 is 14.5 Å². The minimum Gasteiger partial charge on any atom is -0.457 e. The molecule has 6 aromatic rings. The van der Waals surface area contributed by atoms with Gasteiger partial charge in [-0.1, -0.05) is 78.4 Å². The summed E-state index contributed by atoms with van der Waals surface area (Å²) in [6.45, 7) is 2.11. The fourth-order valence-electron chi connectivity index (χ4n) is 4.91. The quantitative estimate of drug-likeness (QED) is 0.194. The molecule has 0 heterocycles. The van der Waals surface area contributed by atoms with Gasteiger partial charge in [0.2, 0.25) is 0 Å². The van der Waals surface area contributed by atoms with E-state index in [9.17, 15) is 0 Å². The molecule has 3 heteroatoms. The molecule has 0 unspecified atom stereocenters. The van der Waals surface area contributed by atoms with Crippen LogP contribution in [0.4, 0.5) is 28.4 Å². The molecule has 0 saturated carbocycles. The minimum absolute atomic E-state index is 0.792. The van der Waals surface area contributed by atoms with Gasteiger partial charge in [0.05, 0.1) is 0 Å². The summed E-state index contributed by atoms with van der Waals surface area (Å²) in [5.41, 5.74) is 9.19. The summed E-state index contributed by atoms with van der Waals surface area (Å²) < 4.78 is 6.20. The maximum atomic E-state index is 6.20. The molecule has 0 aliphatic rings. The number of rotatable bonds is 8. The van der Waals surface area contributed by atoms with Crippen LogP contribution in [0.15, 0.2) is 158 Å². The van der Waals surface area contributed by atoms with Crippen molar-refractivity contribution in [2.45, 2.75) is 6.92 Å². The van der Waals surface area contributed by atoms with E-state index in [1.807, 2.05) is 48.5 Å². The number of benzene rings is 6. The first-order valence-corrected chi connectivity index (χ1v) is 13.8. The van der Waals surface area contributed by atoms with Crippen LogP contribution in [0, 0.1) is 6.92 Å². The lowest BCUT2D eigenvalue weighted by molar-refractivity contribution is 0.483. The molecule has 0 radical (unpaired) electrons. The van der Waals surface area contributed by atoms with Gasteiger partial charge in [-0.25, -0.2) is 0 Å². The minimum atomic E-state index is 0.792. The summed E-state index contributed by atoms with van der Waals surface area (Å²) in [6, 6.07) is 54.6. The average Bonchev–Trinajstić information content (AvgIpc) is 3.04. The SMILES string of the molecule is Cc1ccc(-c2ccc(N(c3ccccc3)c3ccc(Oc4ccc(N(C)c5ccccc5)cc4)cc3)cc2)cc1. The van der Waals surface area contributed by atoms with Crippen LogP contribution in [0.5, 0.6) is 11.5 Å². The number of hydrogen-bond donors (Lipinski definition) is 0. The zero-order chi connectivity index (χ0) is 28.0. The molecule has 3 nitrogen and oxygen atoms in total. The maximum Gasteiger partial charge on any atom is 0.127 e. The summed E-state index contributed by atoms with van der Waals surface area (Å²) in [5, 5.41) is 0. The third kappa shape index (κ3) is 6.00. The molecule has 200 valence electrons. The molecule has 0 bridgehead atoms. The summed E-state index contributed by atoms with van der Waals surface area (Å²) in [5.74, 6) is 1.59. The van der Waals surface area contributed by atoms with Gasteiger partial charge in [-0.05, 0) is 103 Å². The number of ether oxygens (including phenoxy) is 1. The van der Waals surface area contributed by atoms with Crippen molar-refractivity contribution in [2.75, 3.05) is 16.8 Å². The smallest absolute Gasteiger partial charge is 0.127 e. The highest BCUT2D eigenvalue weighted by molar-refractivity contribution is 5.78. The van der Waals surface area contributed by atoms with Crippen molar-refractivity contribution >= 4 is 28.4 Å². The normalized spacial score (nSPS) is 10.7. The van der Waals surface area contributed by atoms with Gasteiger partial charge in [-0.2, -0.15) is 0 Å². The third-order valence-electron chi connectivity index (χ3n) is 7.22. The van der Waals surface area contributed by atoms with E-state index in [4.69, 9.17) is 4.74 Å². The van der Waals surface area contributed by atoms with Crippen LogP contribution in [0.1, 0.15) is 5.56 Å². The largest absolute Gasteiger partial charge is 0.457 e. The predicted octanol–water partition coefficient (Wildman–Crippen LogP) is 10.7. The molecular weight excluding hydrogens is 500 g/mol. The predicted molar refractivity (Wildman–Crippen MR) is 172 cm³/mol. The lowest BCUT2D eigenvalue weighted by Gasteiger charge is -2.26. The van der Waals surface area contributed by atoms with E-state index in [0.29, 0.717) is 0 Å². The van der Waals surface area contributed by atoms with Crippen LogP contribution < -0.4 is 14.5 Å². The molecule has 0 aliphatic heterocycles. The monoisotopic (exact) mass is 532 g/mol. The zero-order valence-electron chi connectivity index (χ0n) is 23.3. The zero-order valence-corrected chi connectivity index (χ0v) is 23.3. The molecule has 0 N–H and O–H groups in total. The Hall–Kier alpha value is -5.28. The third-order valence-corrected chi connectivity index (χ3v) is 7.22. The molecule has 6 rings (SSSR count). The van der Waals surface area contributed by atoms with Gasteiger partial charge in [0.15, 0.2) is 0 Å². The van der Waals surface area contributed by atoms with E-state index in [1.165, 1.54) is 16.7 Å². The molecular formula is C38H32N2O. The second-order valence-electron chi connectivity index (χ2n) is 10.1. The highest BCUT2D eigenvalue weighted by Gasteiger charge is 2.13. The van der Waals surface area contributed by atoms with Crippen molar-refractivity contribution in [2.24, 2.45) is 0 Å². The molecule has 0 fully saturated rings. The van der Waals surface area contributed by atoms with E-state index in [2.05, 4.69) is 133 Å². The second-order valence-corrected chi connectivity index (χ2v) is 10.1. The summed E-state index contributed by atoms with van der Waals surface area (Å²) >= 11 is 0. The molecule has 41 heavy (non-hydrogen) atoms. The number of hydrogen-bond acceptors (Lipinski definition) is 3. The Morgan fingerprint density at radius 3 is 1.27 bits per heavy atom. The summed E-state index contributed by atoms with van der Waals surface area (Å²) in [4.78, 5) is 4.42. The number of aryl methyl sites for hydroxylation is 1. The highest BCUT2D eigenvalue weighted by Crippen LogP contribution is 2.37. The number of nitrogens with zero attached hydrogens (tertiary/aromatic N) is 2. The maximum absolute atomic E-state index is 6.20. The Morgan fingerprint density at radius 2 is 0.756 bits per heavy atom. The van der Waals surface area contributed by atoms with Gasteiger partial charge in [0.1, 0.15) is 11.5 Å². The second kappa shape index (κ2) is 11.8. The molecule has 0 saturated heterocycles. The Balaban J connectivity index is 1.21. The van der Waals surface area contributed by atoms with E-state index >= 15 is 0 Å². The molecule has 0 atom stereocenters. The fourth-order valence-corrected chi connectivity index (χ4v) is 4.91. The van der Waals surface area contributed by atoms with Crippen molar-refractivity contribution < 1.29 is 4.74 Å². The van der Waals surface area contributed by atoms with E-state index < -0.39 is 0 Å². The van der Waals surface area contributed by atoms with Crippen molar-refractivity contribution in [1.29, 1.82) is 0 Å². The Labute approximate surface area is 242 Å². The van der Waals surface area contributed by atoms with Crippen molar-refractivity contribution in [3.8, 4) is 22.6 Å². The highest BCUT2D eigenvalue weighted by atomic mass is 16.5. The Kier molecular flexibility index (Phi) is 7.51. The lowest BCUT2D eigenvalue weighted by atomic mass is 10.0. The molecule has 0 amide bonds. The van der Waals surface area contributed by atoms with Crippen molar-refractivity contribution in [1.82, 2.24) is 0 Å².